The second kappa shape index (κ2) is 11.6. The zero-order chi connectivity index (χ0) is 16.1. The van der Waals surface area contributed by atoms with E-state index in [1.54, 1.807) is 0 Å². The van der Waals surface area contributed by atoms with Crippen molar-refractivity contribution in [3.63, 3.8) is 0 Å². The van der Waals surface area contributed by atoms with E-state index in [4.69, 9.17) is 0 Å². The Bertz CT molecular complexity index is 383. The van der Waals surface area contributed by atoms with Crippen LogP contribution < -0.4 is 10.6 Å². The Balaban J connectivity index is 0.00000156. The van der Waals surface area contributed by atoms with Crippen molar-refractivity contribution in [1.82, 2.24) is 15.5 Å². The summed E-state index contributed by atoms with van der Waals surface area (Å²) in [5.41, 5.74) is 0. The van der Waals surface area contributed by atoms with E-state index < -0.39 is 0 Å². The number of nitrogens with zero attached hydrogens (tertiary/aromatic N) is 1. The van der Waals surface area contributed by atoms with Crippen molar-refractivity contribution in [2.75, 3.05) is 26.2 Å². The first-order chi connectivity index (χ1) is 11.2. The number of nitrogens with one attached hydrogen (secondary N) is 2. The van der Waals surface area contributed by atoms with Gasteiger partial charge in [0, 0.05) is 19.1 Å². The lowest BCUT2D eigenvalue weighted by atomic mass is 9.85. The SMILES string of the molecule is CC1CCCN(CCCCNC(=O)C2CC3CCCCC3N2)C1.Cl.Cl. The average Bonchev–Trinajstić information content (AvgIpc) is 2.98. The summed E-state index contributed by atoms with van der Waals surface area (Å²) in [6.45, 7) is 6.94. The predicted octanol–water partition coefficient (Wildman–Crippen LogP) is 3.38. The van der Waals surface area contributed by atoms with Crippen LogP contribution in [0, 0.1) is 11.8 Å². The molecule has 0 aromatic rings. The van der Waals surface area contributed by atoms with Crippen LogP contribution in [0.3, 0.4) is 0 Å². The molecule has 0 aromatic heterocycles. The molecule has 6 heteroatoms. The van der Waals surface area contributed by atoms with E-state index in [2.05, 4.69) is 22.5 Å². The minimum absolute atomic E-state index is 0. The summed E-state index contributed by atoms with van der Waals surface area (Å²) in [6.07, 6.45) is 11.4. The number of unbranched alkanes of at least 4 members (excludes halogenated alkanes) is 1. The number of halogens is 2. The van der Waals surface area contributed by atoms with Gasteiger partial charge in [0.1, 0.15) is 0 Å². The largest absolute Gasteiger partial charge is 0.355 e. The van der Waals surface area contributed by atoms with E-state index in [-0.39, 0.29) is 36.8 Å². The fourth-order valence-corrected chi connectivity index (χ4v) is 4.81. The highest BCUT2D eigenvalue weighted by Crippen LogP contribution is 2.33. The molecule has 3 aliphatic rings. The summed E-state index contributed by atoms with van der Waals surface area (Å²) in [6, 6.07) is 0.687. The van der Waals surface area contributed by atoms with Gasteiger partial charge in [0.15, 0.2) is 0 Å². The first-order valence-corrected chi connectivity index (χ1v) is 9.98. The highest BCUT2D eigenvalue weighted by atomic mass is 35.5. The summed E-state index contributed by atoms with van der Waals surface area (Å²) in [7, 11) is 0. The van der Waals surface area contributed by atoms with Crippen LogP contribution in [-0.4, -0.2) is 49.1 Å². The molecule has 3 fully saturated rings. The third-order valence-corrected chi connectivity index (χ3v) is 6.12. The van der Waals surface area contributed by atoms with Gasteiger partial charge in [0.05, 0.1) is 6.04 Å². The van der Waals surface area contributed by atoms with Crippen molar-refractivity contribution in [3.05, 3.63) is 0 Å². The van der Waals surface area contributed by atoms with E-state index in [1.165, 1.54) is 64.6 Å². The molecule has 2 N–H and O–H groups in total. The number of likely N-dealkylation sites (tertiary alicyclic amines) is 1. The smallest absolute Gasteiger partial charge is 0.237 e. The van der Waals surface area contributed by atoms with E-state index in [0.717, 1.165) is 31.2 Å². The first-order valence-electron chi connectivity index (χ1n) is 9.98. The molecule has 0 bridgehead atoms. The zero-order valence-corrected chi connectivity index (χ0v) is 17.3. The lowest BCUT2D eigenvalue weighted by Gasteiger charge is -2.30. The fourth-order valence-electron chi connectivity index (χ4n) is 4.81. The van der Waals surface area contributed by atoms with Crippen LogP contribution in [0.1, 0.15) is 64.7 Å². The van der Waals surface area contributed by atoms with E-state index in [1.807, 2.05) is 0 Å². The van der Waals surface area contributed by atoms with Gasteiger partial charge in [-0.05, 0) is 69.9 Å². The quantitative estimate of drug-likeness (QED) is 0.679. The van der Waals surface area contributed by atoms with Gasteiger partial charge in [-0.25, -0.2) is 0 Å². The molecule has 4 atom stereocenters. The van der Waals surface area contributed by atoms with E-state index in [0.29, 0.717) is 6.04 Å². The normalized spacial score (nSPS) is 32.2. The number of piperidine rings is 1. The van der Waals surface area contributed by atoms with Crippen LogP contribution in [0.5, 0.6) is 0 Å². The van der Waals surface area contributed by atoms with Crippen molar-refractivity contribution in [2.45, 2.75) is 76.8 Å². The highest BCUT2D eigenvalue weighted by Gasteiger charge is 2.37. The molecule has 2 heterocycles. The molecule has 4 unspecified atom stereocenters. The summed E-state index contributed by atoms with van der Waals surface area (Å²) >= 11 is 0. The number of fused-ring (bicyclic) bond motifs is 1. The number of rotatable bonds is 6. The van der Waals surface area contributed by atoms with Crippen LogP contribution in [0.15, 0.2) is 0 Å². The maximum atomic E-state index is 12.3. The Morgan fingerprint density at radius 3 is 2.68 bits per heavy atom. The topological polar surface area (TPSA) is 44.4 Å². The van der Waals surface area contributed by atoms with Crippen molar-refractivity contribution < 1.29 is 4.79 Å². The van der Waals surface area contributed by atoms with Gasteiger partial charge in [-0.2, -0.15) is 0 Å². The summed E-state index contributed by atoms with van der Waals surface area (Å²) < 4.78 is 0. The standard InChI is InChI=1S/C19H35N3O.2ClH/c1-15-7-6-12-22(14-15)11-5-4-10-20-19(23)18-13-16-8-2-3-9-17(16)21-18;;/h15-18,21H,2-14H2,1H3,(H,20,23);2*1H. The third-order valence-electron chi connectivity index (χ3n) is 6.12. The minimum atomic E-state index is 0. The molecule has 1 aliphatic carbocycles. The molecule has 3 rings (SSSR count). The summed E-state index contributed by atoms with van der Waals surface area (Å²) in [4.78, 5) is 14.9. The zero-order valence-electron chi connectivity index (χ0n) is 15.7. The summed E-state index contributed by atoms with van der Waals surface area (Å²) in [5, 5.41) is 6.73. The second-order valence-corrected chi connectivity index (χ2v) is 8.15. The molecule has 148 valence electrons. The van der Waals surface area contributed by atoms with Crippen molar-refractivity contribution in [1.29, 1.82) is 0 Å². The van der Waals surface area contributed by atoms with Crippen LogP contribution in [-0.2, 0) is 4.79 Å². The fraction of sp³-hybridized carbons (Fsp3) is 0.947. The maximum absolute atomic E-state index is 12.3. The van der Waals surface area contributed by atoms with Gasteiger partial charge in [-0.3, -0.25) is 4.79 Å². The van der Waals surface area contributed by atoms with Crippen molar-refractivity contribution >= 4 is 30.7 Å². The van der Waals surface area contributed by atoms with Crippen LogP contribution in [0.2, 0.25) is 0 Å². The molecule has 25 heavy (non-hydrogen) atoms. The average molecular weight is 394 g/mol. The van der Waals surface area contributed by atoms with Crippen LogP contribution >= 0.6 is 24.8 Å². The molecule has 0 radical (unpaired) electrons. The highest BCUT2D eigenvalue weighted by molar-refractivity contribution is 5.85. The van der Waals surface area contributed by atoms with Crippen LogP contribution in [0.25, 0.3) is 0 Å². The Kier molecular flexibility index (Phi) is 10.7. The maximum Gasteiger partial charge on any atom is 0.237 e. The molecule has 0 aromatic carbocycles. The van der Waals surface area contributed by atoms with E-state index in [9.17, 15) is 4.79 Å². The van der Waals surface area contributed by atoms with Gasteiger partial charge in [0.25, 0.3) is 0 Å². The van der Waals surface area contributed by atoms with Gasteiger partial charge < -0.3 is 15.5 Å². The lowest BCUT2D eigenvalue weighted by Crippen LogP contribution is -2.43. The Labute approximate surface area is 166 Å². The van der Waals surface area contributed by atoms with Gasteiger partial charge in [0.2, 0.25) is 5.91 Å². The third kappa shape index (κ3) is 6.89. The monoisotopic (exact) mass is 393 g/mol. The van der Waals surface area contributed by atoms with E-state index >= 15 is 0 Å². The number of carbonyl (C=O) groups is 1. The molecular weight excluding hydrogens is 357 g/mol. The molecule has 2 aliphatic heterocycles. The molecule has 0 spiro atoms. The number of carbonyl (C=O) groups excluding carboxylic acids is 1. The number of amides is 1. The van der Waals surface area contributed by atoms with Gasteiger partial charge in [-0.1, -0.05) is 19.8 Å². The number of hydrogen-bond donors (Lipinski definition) is 2. The Hall–Kier alpha value is -0.0300. The number of hydrogen-bond acceptors (Lipinski definition) is 3. The lowest BCUT2D eigenvalue weighted by molar-refractivity contribution is -0.122. The van der Waals surface area contributed by atoms with Gasteiger partial charge >= 0.3 is 0 Å². The Morgan fingerprint density at radius 2 is 1.92 bits per heavy atom. The first kappa shape index (κ1) is 23.0. The predicted molar refractivity (Wildman–Crippen MR) is 109 cm³/mol. The van der Waals surface area contributed by atoms with Crippen LogP contribution in [0.4, 0.5) is 0 Å². The summed E-state index contributed by atoms with van der Waals surface area (Å²) in [5.74, 6) is 1.85. The second-order valence-electron chi connectivity index (χ2n) is 8.15. The van der Waals surface area contributed by atoms with Crippen molar-refractivity contribution in [3.8, 4) is 0 Å². The minimum Gasteiger partial charge on any atom is -0.355 e. The van der Waals surface area contributed by atoms with Gasteiger partial charge in [-0.15, -0.1) is 24.8 Å². The molecular formula is C19H37Cl2N3O. The van der Waals surface area contributed by atoms with Crippen molar-refractivity contribution in [2.24, 2.45) is 11.8 Å². The Morgan fingerprint density at radius 1 is 1.12 bits per heavy atom. The molecule has 4 nitrogen and oxygen atoms in total. The molecule has 2 saturated heterocycles. The molecule has 1 amide bonds. The molecule has 1 saturated carbocycles.